The van der Waals surface area contributed by atoms with Crippen LogP contribution in [-0.4, -0.2) is 0 Å². The summed E-state index contributed by atoms with van der Waals surface area (Å²) in [4.78, 5) is 0. The minimum Gasteiger partial charge on any atom is -0.103 e. The summed E-state index contributed by atoms with van der Waals surface area (Å²) >= 11 is 0. The van der Waals surface area contributed by atoms with E-state index in [-0.39, 0.29) is 0 Å². The van der Waals surface area contributed by atoms with Crippen molar-refractivity contribution in [3.05, 3.63) is 24.8 Å². The van der Waals surface area contributed by atoms with E-state index in [0.717, 1.165) is 5.92 Å². The summed E-state index contributed by atoms with van der Waals surface area (Å²) in [6.07, 6.45) is 18.8. The van der Waals surface area contributed by atoms with Gasteiger partial charge in [-0.15, -0.1) is 6.58 Å². The highest BCUT2D eigenvalue weighted by atomic mass is 14.1. The van der Waals surface area contributed by atoms with Gasteiger partial charge in [-0.2, -0.15) is 0 Å². The van der Waals surface area contributed by atoms with Crippen LogP contribution in [-0.2, 0) is 0 Å². The van der Waals surface area contributed by atoms with Crippen LogP contribution in [0.25, 0.3) is 0 Å². The fraction of sp³-hybridized carbons (Fsp3) is 0.750. The minimum atomic E-state index is 0.738. The fourth-order valence-corrected chi connectivity index (χ4v) is 2.04. The van der Waals surface area contributed by atoms with Gasteiger partial charge in [-0.3, -0.25) is 0 Å². The van der Waals surface area contributed by atoms with Gasteiger partial charge in [-0.25, -0.2) is 0 Å². The van der Waals surface area contributed by atoms with E-state index in [9.17, 15) is 0 Å². The highest BCUT2D eigenvalue weighted by Crippen LogP contribution is 2.17. The van der Waals surface area contributed by atoms with Crippen LogP contribution in [0.4, 0.5) is 0 Å². The molecule has 0 aliphatic heterocycles. The first-order chi connectivity index (χ1) is 7.85. The van der Waals surface area contributed by atoms with Gasteiger partial charge < -0.3 is 0 Å². The molecule has 0 saturated heterocycles. The van der Waals surface area contributed by atoms with E-state index < -0.39 is 0 Å². The Bertz CT molecular complexity index is 167. The number of allylic oxidation sites excluding steroid dienone is 3. The zero-order valence-electron chi connectivity index (χ0n) is 11.4. The number of unbranched alkanes of at least 4 members (excludes halogenated alkanes) is 5. The molecule has 0 heteroatoms. The molecule has 0 aromatic rings. The van der Waals surface area contributed by atoms with Crippen LogP contribution in [0.5, 0.6) is 0 Å². The van der Waals surface area contributed by atoms with E-state index in [1.165, 1.54) is 57.8 Å². The monoisotopic (exact) mass is 222 g/mol. The molecule has 0 aliphatic rings. The molecule has 0 rings (SSSR count). The SMILES string of the molecule is C=CC(CC/C=C/C)CCCCCCCC. The van der Waals surface area contributed by atoms with E-state index in [0.29, 0.717) is 0 Å². The van der Waals surface area contributed by atoms with E-state index in [4.69, 9.17) is 0 Å². The molecule has 1 atom stereocenters. The van der Waals surface area contributed by atoms with E-state index in [1.54, 1.807) is 0 Å². The first-order valence-corrected chi connectivity index (χ1v) is 7.08. The van der Waals surface area contributed by atoms with Crippen molar-refractivity contribution in [1.29, 1.82) is 0 Å². The maximum Gasteiger partial charge on any atom is -0.0233 e. The summed E-state index contributed by atoms with van der Waals surface area (Å²) in [6.45, 7) is 8.31. The third-order valence-electron chi connectivity index (χ3n) is 3.20. The van der Waals surface area contributed by atoms with Gasteiger partial charge in [0.25, 0.3) is 0 Å². The Morgan fingerprint density at radius 2 is 1.69 bits per heavy atom. The van der Waals surface area contributed by atoms with Crippen molar-refractivity contribution in [2.24, 2.45) is 5.92 Å². The van der Waals surface area contributed by atoms with Gasteiger partial charge in [0, 0.05) is 0 Å². The lowest BCUT2D eigenvalue weighted by Crippen LogP contribution is -1.95. The van der Waals surface area contributed by atoms with Crippen molar-refractivity contribution in [3.8, 4) is 0 Å². The summed E-state index contributed by atoms with van der Waals surface area (Å²) in [5.74, 6) is 0.738. The van der Waals surface area contributed by atoms with Gasteiger partial charge in [0.2, 0.25) is 0 Å². The zero-order chi connectivity index (χ0) is 12.1. The second kappa shape index (κ2) is 12.5. The Balaban J connectivity index is 3.36. The standard InChI is InChI=1S/C16H30/c1-4-7-9-10-11-13-15-16(6-3)14-12-8-5-2/h5-6,8,16H,3-4,7,9-15H2,1-2H3/b8-5+. The van der Waals surface area contributed by atoms with E-state index >= 15 is 0 Å². The summed E-state index contributed by atoms with van der Waals surface area (Å²) in [7, 11) is 0. The molecule has 94 valence electrons. The van der Waals surface area contributed by atoms with Crippen LogP contribution < -0.4 is 0 Å². The lowest BCUT2D eigenvalue weighted by Gasteiger charge is -2.10. The maximum atomic E-state index is 3.94. The second-order valence-electron chi connectivity index (χ2n) is 4.70. The molecule has 0 bridgehead atoms. The number of rotatable bonds is 11. The molecule has 0 N–H and O–H groups in total. The molecular weight excluding hydrogens is 192 g/mol. The number of hydrogen-bond donors (Lipinski definition) is 0. The fourth-order valence-electron chi connectivity index (χ4n) is 2.04. The Labute approximate surface area is 103 Å². The smallest absolute Gasteiger partial charge is 0.0233 e. The molecule has 0 radical (unpaired) electrons. The third-order valence-corrected chi connectivity index (χ3v) is 3.20. The molecular formula is C16H30. The third kappa shape index (κ3) is 10.0. The van der Waals surface area contributed by atoms with Gasteiger partial charge in [0.15, 0.2) is 0 Å². The highest BCUT2D eigenvalue weighted by molar-refractivity contribution is 4.84. The summed E-state index contributed by atoms with van der Waals surface area (Å²) in [5, 5.41) is 0. The molecule has 0 spiro atoms. The first-order valence-electron chi connectivity index (χ1n) is 7.08. The van der Waals surface area contributed by atoms with Gasteiger partial charge in [-0.05, 0) is 32.1 Å². The van der Waals surface area contributed by atoms with Crippen molar-refractivity contribution in [2.75, 3.05) is 0 Å². The Hall–Kier alpha value is -0.520. The summed E-state index contributed by atoms with van der Waals surface area (Å²) in [6, 6.07) is 0. The van der Waals surface area contributed by atoms with Crippen molar-refractivity contribution in [1.82, 2.24) is 0 Å². The number of hydrogen-bond acceptors (Lipinski definition) is 0. The molecule has 0 aliphatic carbocycles. The molecule has 0 heterocycles. The van der Waals surface area contributed by atoms with Crippen molar-refractivity contribution in [3.63, 3.8) is 0 Å². The van der Waals surface area contributed by atoms with Crippen LogP contribution in [0.2, 0.25) is 0 Å². The van der Waals surface area contributed by atoms with Crippen LogP contribution >= 0.6 is 0 Å². The lowest BCUT2D eigenvalue weighted by molar-refractivity contribution is 0.497. The van der Waals surface area contributed by atoms with E-state index in [1.807, 2.05) is 0 Å². The average Bonchev–Trinajstić information content (AvgIpc) is 2.31. The second-order valence-corrected chi connectivity index (χ2v) is 4.70. The molecule has 0 amide bonds. The molecule has 0 aromatic heterocycles. The summed E-state index contributed by atoms with van der Waals surface area (Å²) < 4.78 is 0. The quantitative estimate of drug-likeness (QED) is 0.302. The van der Waals surface area contributed by atoms with Crippen molar-refractivity contribution >= 4 is 0 Å². The van der Waals surface area contributed by atoms with Gasteiger partial charge in [0.1, 0.15) is 0 Å². The maximum absolute atomic E-state index is 3.94. The lowest BCUT2D eigenvalue weighted by atomic mass is 9.96. The van der Waals surface area contributed by atoms with Gasteiger partial charge >= 0.3 is 0 Å². The molecule has 0 aromatic carbocycles. The largest absolute Gasteiger partial charge is 0.103 e. The summed E-state index contributed by atoms with van der Waals surface area (Å²) in [5.41, 5.74) is 0. The molecule has 0 fully saturated rings. The Morgan fingerprint density at radius 3 is 2.31 bits per heavy atom. The van der Waals surface area contributed by atoms with E-state index in [2.05, 4.69) is 38.7 Å². The van der Waals surface area contributed by atoms with Gasteiger partial charge in [-0.1, -0.05) is 63.7 Å². The van der Waals surface area contributed by atoms with Crippen molar-refractivity contribution < 1.29 is 0 Å². The molecule has 16 heavy (non-hydrogen) atoms. The topological polar surface area (TPSA) is 0 Å². The molecule has 0 nitrogen and oxygen atoms in total. The average molecular weight is 222 g/mol. The highest BCUT2D eigenvalue weighted by Gasteiger charge is 2.02. The normalized spacial score (nSPS) is 13.1. The van der Waals surface area contributed by atoms with Crippen LogP contribution in [0.1, 0.15) is 71.6 Å². The Kier molecular flexibility index (Phi) is 12.1. The van der Waals surface area contributed by atoms with Crippen molar-refractivity contribution in [2.45, 2.75) is 71.6 Å². The minimum absolute atomic E-state index is 0.738. The van der Waals surface area contributed by atoms with Crippen LogP contribution in [0.3, 0.4) is 0 Å². The zero-order valence-corrected chi connectivity index (χ0v) is 11.4. The Morgan fingerprint density at radius 1 is 1.00 bits per heavy atom. The van der Waals surface area contributed by atoms with Gasteiger partial charge in [0.05, 0.1) is 0 Å². The predicted molar refractivity (Wildman–Crippen MR) is 75.7 cm³/mol. The van der Waals surface area contributed by atoms with Crippen LogP contribution in [0, 0.1) is 5.92 Å². The predicted octanol–water partition coefficient (Wildman–Crippen LogP) is 5.90. The first kappa shape index (κ1) is 15.5. The molecule has 0 saturated carbocycles. The van der Waals surface area contributed by atoms with Crippen LogP contribution in [0.15, 0.2) is 24.8 Å². The molecule has 1 unspecified atom stereocenters.